The summed E-state index contributed by atoms with van der Waals surface area (Å²) >= 11 is 0. The van der Waals surface area contributed by atoms with Gasteiger partial charge < -0.3 is 34.5 Å². The van der Waals surface area contributed by atoms with Gasteiger partial charge in [0.25, 0.3) is 11.8 Å². The van der Waals surface area contributed by atoms with Gasteiger partial charge >= 0.3 is 0 Å². The van der Waals surface area contributed by atoms with Crippen LogP contribution in [-0.4, -0.2) is 91.3 Å². The van der Waals surface area contributed by atoms with E-state index in [0.29, 0.717) is 78.8 Å². The Hall–Kier alpha value is -6.62. The van der Waals surface area contributed by atoms with Gasteiger partial charge in [-0.2, -0.15) is 5.10 Å². The van der Waals surface area contributed by atoms with Gasteiger partial charge in [-0.15, -0.1) is 0 Å². The number of ether oxygens (including phenoxy) is 2. The number of rotatable bonds is 15. The molecule has 2 aromatic carbocycles. The molecule has 9 rings (SSSR count). The zero-order valence-electron chi connectivity index (χ0n) is 33.9. The summed E-state index contributed by atoms with van der Waals surface area (Å²) in [6, 6.07) is 10.9. The van der Waals surface area contributed by atoms with Gasteiger partial charge in [0, 0.05) is 66.7 Å². The minimum Gasteiger partial charge on any atom is -0.496 e. The third-order valence-electron chi connectivity index (χ3n) is 11.6. The largest absolute Gasteiger partial charge is 0.496 e. The second-order valence-electron chi connectivity index (χ2n) is 15.5. The molecule has 1 aliphatic carbocycles. The predicted octanol–water partition coefficient (Wildman–Crippen LogP) is 5.37. The maximum Gasteiger partial charge on any atom is 0.289 e. The summed E-state index contributed by atoms with van der Waals surface area (Å²) in [5.74, 6) is 1.56. The lowest BCUT2D eigenvalue weighted by molar-refractivity contribution is -0.136. The molecule has 4 aromatic heterocycles. The first-order valence-corrected chi connectivity index (χ1v) is 20.4. The number of fused-ring (bicyclic) bond motifs is 4. The SMILES string of the molecule is CCn1nc(C2CC2)cc1Nc1nc(C(=O)NCCOCCCc2cccc3c2CN(C2CCC(=O)NC2=O)C3=O)nc2[nH]c3cc(-c4c(C)noc4C)c(OC)cc3c12. The number of nitrogens with one attached hydrogen (secondary N) is 4. The number of aryl methyl sites for hydroxylation is 4. The van der Waals surface area contributed by atoms with Crippen LogP contribution in [-0.2, 0) is 33.8 Å². The highest BCUT2D eigenvalue weighted by Crippen LogP contribution is 2.43. The average Bonchev–Trinajstić information content (AvgIpc) is 3.61. The van der Waals surface area contributed by atoms with Gasteiger partial charge in [-0.1, -0.05) is 17.3 Å². The number of benzene rings is 2. The number of carbonyl (C=O) groups is 4. The molecule has 3 aliphatic rings. The van der Waals surface area contributed by atoms with E-state index in [-0.39, 0.29) is 37.2 Å². The first-order chi connectivity index (χ1) is 29.1. The van der Waals surface area contributed by atoms with Crippen molar-refractivity contribution >= 4 is 57.2 Å². The molecule has 1 atom stereocenters. The molecule has 4 amide bonds. The van der Waals surface area contributed by atoms with Crippen molar-refractivity contribution in [3.63, 3.8) is 0 Å². The summed E-state index contributed by atoms with van der Waals surface area (Å²) < 4.78 is 19.2. The summed E-state index contributed by atoms with van der Waals surface area (Å²) in [5.41, 5.74) is 7.18. The Labute approximate surface area is 344 Å². The number of carbonyl (C=O) groups excluding carboxylic acids is 4. The Morgan fingerprint density at radius 2 is 1.90 bits per heavy atom. The number of imide groups is 1. The van der Waals surface area contributed by atoms with E-state index in [1.807, 2.05) is 49.7 Å². The maximum atomic E-state index is 13.6. The molecule has 1 saturated heterocycles. The van der Waals surface area contributed by atoms with Gasteiger partial charge in [0.1, 0.15) is 34.8 Å². The molecule has 1 saturated carbocycles. The Balaban J connectivity index is 0.886. The van der Waals surface area contributed by atoms with E-state index < -0.39 is 17.9 Å². The van der Waals surface area contributed by atoms with Crippen molar-refractivity contribution in [2.24, 2.45) is 0 Å². The first-order valence-electron chi connectivity index (χ1n) is 20.4. The van der Waals surface area contributed by atoms with Crippen LogP contribution in [0.15, 0.2) is 40.9 Å². The predicted molar refractivity (Wildman–Crippen MR) is 220 cm³/mol. The third-order valence-corrected chi connectivity index (χ3v) is 11.6. The molecule has 17 nitrogen and oxygen atoms in total. The van der Waals surface area contributed by atoms with E-state index in [1.54, 1.807) is 18.1 Å². The lowest BCUT2D eigenvalue weighted by Crippen LogP contribution is -2.52. The fourth-order valence-corrected chi connectivity index (χ4v) is 8.39. The van der Waals surface area contributed by atoms with Crippen LogP contribution in [0.1, 0.15) is 94.2 Å². The van der Waals surface area contributed by atoms with Gasteiger partial charge in [-0.05, 0) is 82.2 Å². The molecular weight excluding hydrogens is 769 g/mol. The molecule has 0 spiro atoms. The molecule has 6 aromatic rings. The molecule has 2 fully saturated rings. The lowest BCUT2D eigenvalue weighted by atomic mass is 10.00. The van der Waals surface area contributed by atoms with Gasteiger partial charge in [0.05, 0.1) is 36.1 Å². The Morgan fingerprint density at radius 3 is 2.65 bits per heavy atom. The monoisotopic (exact) mass is 814 g/mol. The van der Waals surface area contributed by atoms with Crippen LogP contribution >= 0.6 is 0 Å². The van der Waals surface area contributed by atoms with Crippen LogP contribution in [0.25, 0.3) is 33.1 Å². The molecular formula is C43H46N10O7. The van der Waals surface area contributed by atoms with Crippen molar-refractivity contribution in [2.75, 3.05) is 32.2 Å². The van der Waals surface area contributed by atoms with Crippen molar-refractivity contribution < 1.29 is 33.2 Å². The average molecular weight is 815 g/mol. The molecule has 0 bridgehead atoms. The van der Waals surface area contributed by atoms with Crippen LogP contribution < -0.4 is 20.7 Å². The number of anilines is 2. The summed E-state index contributed by atoms with van der Waals surface area (Å²) in [7, 11) is 1.62. The maximum absolute atomic E-state index is 13.6. The highest BCUT2D eigenvalue weighted by atomic mass is 16.5. The normalized spacial score (nSPS) is 16.5. The summed E-state index contributed by atoms with van der Waals surface area (Å²) in [6.45, 7) is 7.69. The topological polar surface area (TPSA) is 211 Å². The molecule has 2 aliphatic heterocycles. The third kappa shape index (κ3) is 7.22. The standard InChI is InChI=1S/C43H46N10O7/c1-5-53-34(20-30(50-53)25-11-12-25)46-39-37-27-19-33(58-4)28(36-22(2)51-60-23(36)3)18-31(27)45-38(37)48-40(49-39)42(56)44-15-17-59-16-7-9-24-8-6-10-26-29(24)21-52(43(26)57)32-13-14-35(54)47-41(32)55/h6,8,10,18-20,25,32H,5,7,9,11-17,21H2,1-4H3,(H,44,56)(H,47,54,55)(H2,45,46,48,49). The highest BCUT2D eigenvalue weighted by molar-refractivity contribution is 6.14. The second kappa shape index (κ2) is 15.9. The second-order valence-corrected chi connectivity index (χ2v) is 15.5. The van der Waals surface area contributed by atoms with E-state index >= 15 is 0 Å². The number of piperidine rings is 1. The van der Waals surface area contributed by atoms with Crippen LogP contribution in [0.3, 0.4) is 0 Å². The smallest absolute Gasteiger partial charge is 0.289 e. The number of methoxy groups -OCH3 is 1. The van der Waals surface area contributed by atoms with E-state index in [2.05, 4.69) is 32.2 Å². The minimum atomic E-state index is -0.658. The van der Waals surface area contributed by atoms with E-state index in [1.165, 1.54) is 0 Å². The fraction of sp³-hybridized carbons (Fsp3) is 0.395. The molecule has 4 N–H and O–H groups in total. The summed E-state index contributed by atoms with van der Waals surface area (Å²) in [6.07, 6.45) is 4.12. The molecule has 60 heavy (non-hydrogen) atoms. The number of nitrogens with zero attached hydrogens (tertiary/aromatic N) is 6. The first kappa shape index (κ1) is 38.9. The number of aromatic amines is 1. The van der Waals surface area contributed by atoms with Crippen molar-refractivity contribution in [3.05, 3.63) is 76.1 Å². The number of H-pyrrole nitrogens is 1. The Morgan fingerprint density at radius 1 is 1.05 bits per heavy atom. The van der Waals surface area contributed by atoms with Crippen LogP contribution in [0.4, 0.5) is 11.6 Å². The van der Waals surface area contributed by atoms with Crippen LogP contribution in [0.5, 0.6) is 5.75 Å². The quantitative estimate of drug-likeness (QED) is 0.0762. The summed E-state index contributed by atoms with van der Waals surface area (Å²) in [5, 5.41) is 19.2. The van der Waals surface area contributed by atoms with E-state index in [0.717, 1.165) is 63.2 Å². The van der Waals surface area contributed by atoms with Crippen molar-refractivity contribution in [1.82, 2.24) is 45.4 Å². The molecule has 310 valence electrons. The number of amides is 4. The van der Waals surface area contributed by atoms with Crippen LogP contribution in [0.2, 0.25) is 0 Å². The Kier molecular flexibility index (Phi) is 10.3. The molecule has 17 heteroatoms. The fourth-order valence-electron chi connectivity index (χ4n) is 8.39. The molecule has 1 unspecified atom stereocenters. The minimum absolute atomic E-state index is 0.0155. The molecule has 6 heterocycles. The van der Waals surface area contributed by atoms with Gasteiger partial charge in [-0.25, -0.2) is 14.6 Å². The van der Waals surface area contributed by atoms with Crippen molar-refractivity contribution in [3.8, 4) is 16.9 Å². The Bertz CT molecular complexity index is 2670. The lowest BCUT2D eigenvalue weighted by Gasteiger charge is -2.29. The zero-order valence-corrected chi connectivity index (χ0v) is 33.9. The zero-order chi connectivity index (χ0) is 41.7. The number of hydrogen-bond donors (Lipinski definition) is 4. The highest BCUT2D eigenvalue weighted by Gasteiger charge is 2.39. The number of aromatic nitrogens is 6. The van der Waals surface area contributed by atoms with Crippen molar-refractivity contribution in [1.29, 1.82) is 0 Å². The summed E-state index contributed by atoms with van der Waals surface area (Å²) in [4.78, 5) is 65.5. The molecule has 0 radical (unpaired) electrons. The number of hydrogen-bond acceptors (Lipinski definition) is 12. The van der Waals surface area contributed by atoms with Gasteiger partial charge in [0.2, 0.25) is 17.6 Å². The van der Waals surface area contributed by atoms with E-state index in [4.69, 9.17) is 29.1 Å². The van der Waals surface area contributed by atoms with Gasteiger partial charge in [-0.3, -0.25) is 24.5 Å². The van der Waals surface area contributed by atoms with E-state index in [9.17, 15) is 19.2 Å². The van der Waals surface area contributed by atoms with Gasteiger partial charge in [0.15, 0.2) is 0 Å². The van der Waals surface area contributed by atoms with Crippen LogP contribution in [0, 0.1) is 13.8 Å². The van der Waals surface area contributed by atoms with Crippen molar-refractivity contribution in [2.45, 2.75) is 84.3 Å².